The molecular weight excluding hydrogens is 256 g/mol. The van der Waals surface area contributed by atoms with Crippen molar-refractivity contribution in [1.29, 1.82) is 0 Å². The molecule has 0 bridgehead atoms. The third kappa shape index (κ3) is 1.45. The fraction of sp³-hybridized carbons (Fsp3) is 0.500. The van der Waals surface area contributed by atoms with Gasteiger partial charge in [0.05, 0.1) is 0 Å². The van der Waals surface area contributed by atoms with E-state index in [2.05, 4.69) is 9.97 Å². The van der Waals surface area contributed by atoms with Crippen LogP contribution in [0, 0.1) is 0 Å². The summed E-state index contributed by atoms with van der Waals surface area (Å²) in [5, 5.41) is 1.62. The quantitative estimate of drug-likeness (QED) is 0.580. The zero-order chi connectivity index (χ0) is 12.2. The highest BCUT2D eigenvalue weighted by molar-refractivity contribution is 7.99. The maximum Gasteiger partial charge on any atom is 0.280 e. The third-order valence-electron chi connectivity index (χ3n) is 2.94. The molecule has 0 saturated heterocycles. The van der Waals surface area contributed by atoms with Crippen molar-refractivity contribution in [3.8, 4) is 0 Å². The van der Waals surface area contributed by atoms with Crippen molar-refractivity contribution in [2.75, 3.05) is 12.0 Å². The van der Waals surface area contributed by atoms with Gasteiger partial charge in [-0.3, -0.25) is 9.36 Å². The number of fused-ring (bicyclic) bond motifs is 2. The van der Waals surface area contributed by atoms with Gasteiger partial charge >= 0.3 is 0 Å². The highest BCUT2D eigenvalue weighted by atomic mass is 32.2. The molecule has 0 amide bonds. The van der Waals surface area contributed by atoms with E-state index < -0.39 is 0 Å². The van der Waals surface area contributed by atoms with Gasteiger partial charge < -0.3 is 4.57 Å². The van der Waals surface area contributed by atoms with Crippen LogP contribution in [0.3, 0.4) is 0 Å². The molecule has 1 aliphatic rings. The van der Waals surface area contributed by atoms with Gasteiger partial charge in [0.2, 0.25) is 0 Å². The van der Waals surface area contributed by atoms with E-state index in [1.54, 1.807) is 16.3 Å². The van der Waals surface area contributed by atoms with Gasteiger partial charge in [-0.2, -0.15) is 0 Å². The smallest absolute Gasteiger partial charge is 0.280 e. The van der Waals surface area contributed by atoms with Crippen LogP contribution in [0.1, 0.15) is 13.0 Å². The van der Waals surface area contributed by atoms with Crippen LogP contribution in [-0.4, -0.2) is 31.1 Å². The Balaban J connectivity index is 2.43. The summed E-state index contributed by atoms with van der Waals surface area (Å²) >= 11 is 3.15. The maximum absolute atomic E-state index is 12.4. The minimum atomic E-state index is 0.0257. The molecule has 0 spiro atoms. The molecule has 0 aromatic carbocycles. The fourth-order valence-electron chi connectivity index (χ4n) is 2.07. The van der Waals surface area contributed by atoms with E-state index in [4.69, 9.17) is 0 Å². The average Bonchev–Trinajstić information content (AvgIpc) is 2.81. The van der Waals surface area contributed by atoms with Crippen molar-refractivity contribution >= 4 is 34.7 Å². The van der Waals surface area contributed by atoms with Gasteiger partial charge in [0.1, 0.15) is 0 Å². The second kappa shape index (κ2) is 3.78. The molecule has 0 radical (unpaired) electrons. The Morgan fingerprint density at radius 2 is 2.24 bits per heavy atom. The molecule has 2 aromatic heterocycles. The van der Waals surface area contributed by atoms with Crippen LogP contribution in [-0.2, 0) is 7.05 Å². The first kappa shape index (κ1) is 11.2. The molecule has 0 fully saturated rings. The Morgan fingerprint density at radius 3 is 2.94 bits per heavy atom. The Labute approximate surface area is 107 Å². The number of imidazole rings is 1. The molecule has 1 atom stereocenters. The van der Waals surface area contributed by atoms with Gasteiger partial charge in [-0.15, -0.1) is 0 Å². The average molecular weight is 268 g/mol. The van der Waals surface area contributed by atoms with Crippen LogP contribution in [0.5, 0.6) is 0 Å². The number of nitrogens with zero attached hydrogens (tertiary/aromatic N) is 4. The highest BCUT2D eigenvalue weighted by Gasteiger charge is 2.25. The van der Waals surface area contributed by atoms with E-state index in [9.17, 15) is 4.79 Å². The van der Waals surface area contributed by atoms with Crippen LogP contribution in [0.25, 0.3) is 11.2 Å². The molecule has 17 heavy (non-hydrogen) atoms. The molecule has 1 unspecified atom stereocenters. The van der Waals surface area contributed by atoms with E-state index in [-0.39, 0.29) is 11.6 Å². The van der Waals surface area contributed by atoms with Crippen molar-refractivity contribution in [2.45, 2.75) is 23.3 Å². The number of aryl methyl sites for hydroxylation is 1. The van der Waals surface area contributed by atoms with Crippen LogP contribution < -0.4 is 5.56 Å². The number of hydrogen-bond acceptors (Lipinski definition) is 5. The molecule has 7 heteroatoms. The van der Waals surface area contributed by atoms with E-state index in [0.717, 1.165) is 16.1 Å². The second-order valence-corrected chi connectivity index (χ2v) is 5.82. The lowest BCUT2D eigenvalue weighted by molar-refractivity contribution is 0.548. The Morgan fingerprint density at radius 1 is 1.47 bits per heavy atom. The summed E-state index contributed by atoms with van der Waals surface area (Å²) in [5.41, 5.74) is 1.19. The van der Waals surface area contributed by atoms with Gasteiger partial charge in [-0.1, -0.05) is 23.5 Å². The fourth-order valence-corrected chi connectivity index (χ4v) is 3.70. The number of thioether (sulfide) groups is 2. The van der Waals surface area contributed by atoms with Crippen molar-refractivity contribution in [1.82, 2.24) is 19.1 Å². The van der Waals surface area contributed by atoms with Crippen molar-refractivity contribution < 1.29 is 0 Å². The molecular formula is C10H12N4OS2. The number of rotatable bonds is 1. The summed E-state index contributed by atoms with van der Waals surface area (Å²) in [6.45, 7) is 2.05. The second-order valence-electron chi connectivity index (χ2n) is 4.06. The third-order valence-corrected chi connectivity index (χ3v) is 4.87. The van der Waals surface area contributed by atoms with Gasteiger partial charge in [0.15, 0.2) is 21.5 Å². The number of hydrogen-bond donors (Lipinski definition) is 0. The Bertz CT molecular complexity index is 660. The minimum absolute atomic E-state index is 0.0257. The summed E-state index contributed by atoms with van der Waals surface area (Å²) in [6.07, 6.45) is 1.95. The summed E-state index contributed by atoms with van der Waals surface area (Å²) < 4.78 is 3.61. The van der Waals surface area contributed by atoms with Crippen molar-refractivity contribution in [2.24, 2.45) is 7.05 Å². The van der Waals surface area contributed by atoms with E-state index in [1.165, 1.54) is 11.8 Å². The SMILES string of the molecule is CSc1nc2nc3n(c(=O)c2n1C)C(C)CS3. The molecule has 2 aromatic rings. The standard InChI is InChI=1S/C10H12N4OS2/c1-5-4-17-10-12-7-6(8(15)14(5)10)13(2)9(11-7)16-3/h5H,4H2,1-3H3. The molecule has 90 valence electrons. The van der Waals surface area contributed by atoms with Gasteiger partial charge in [0, 0.05) is 18.8 Å². The summed E-state index contributed by atoms with van der Waals surface area (Å²) in [7, 11) is 1.87. The van der Waals surface area contributed by atoms with Crippen molar-refractivity contribution in [3.05, 3.63) is 10.4 Å². The summed E-state index contributed by atoms with van der Waals surface area (Å²) in [4.78, 5) is 21.3. The predicted molar refractivity (Wildman–Crippen MR) is 70.0 cm³/mol. The summed E-state index contributed by atoms with van der Waals surface area (Å²) in [6, 6.07) is 0.215. The lowest BCUT2D eigenvalue weighted by Gasteiger charge is -2.07. The first-order chi connectivity index (χ1) is 8.13. The summed E-state index contributed by atoms with van der Waals surface area (Å²) in [5.74, 6) is 0.911. The van der Waals surface area contributed by atoms with E-state index >= 15 is 0 Å². The molecule has 0 saturated carbocycles. The van der Waals surface area contributed by atoms with Gasteiger partial charge in [0.25, 0.3) is 5.56 Å². The largest absolute Gasteiger partial charge is 0.316 e. The molecule has 0 aliphatic carbocycles. The van der Waals surface area contributed by atoms with E-state index in [0.29, 0.717) is 11.2 Å². The Hall–Kier alpha value is -0.950. The molecule has 3 heterocycles. The van der Waals surface area contributed by atoms with E-state index in [1.807, 2.05) is 24.8 Å². The lowest BCUT2D eigenvalue weighted by atomic mass is 10.4. The molecule has 5 nitrogen and oxygen atoms in total. The zero-order valence-corrected chi connectivity index (χ0v) is 11.4. The molecule has 3 rings (SSSR count). The van der Waals surface area contributed by atoms with Crippen molar-refractivity contribution in [3.63, 3.8) is 0 Å². The van der Waals surface area contributed by atoms with Crippen LogP contribution >= 0.6 is 23.5 Å². The number of aromatic nitrogens is 4. The van der Waals surface area contributed by atoms with Crippen LogP contribution in [0.2, 0.25) is 0 Å². The van der Waals surface area contributed by atoms with Crippen LogP contribution in [0.4, 0.5) is 0 Å². The maximum atomic E-state index is 12.4. The lowest BCUT2D eigenvalue weighted by Crippen LogP contribution is -2.24. The predicted octanol–water partition coefficient (Wildman–Crippen LogP) is 1.52. The normalized spacial score (nSPS) is 18.9. The minimum Gasteiger partial charge on any atom is -0.316 e. The first-order valence-corrected chi connectivity index (χ1v) is 7.50. The highest BCUT2D eigenvalue weighted by Crippen LogP contribution is 2.31. The molecule has 1 aliphatic heterocycles. The molecule has 0 N–H and O–H groups in total. The topological polar surface area (TPSA) is 52.7 Å². The van der Waals surface area contributed by atoms with Crippen LogP contribution in [0.15, 0.2) is 15.1 Å². The zero-order valence-electron chi connectivity index (χ0n) is 9.80. The van der Waals surface area contributed by atoms with Gasteiger partial charge in [-0.05, 0) is 13.2 Å². The monoisotopic (exact) mass is 268 g/mol. The first-order valence-electron chi connectivity index (χ1n) is 5.29. The van der Waals surface area contributed by atoms with Gasteiger partial charge in [-0.25, -0.2) is 9.97 Å². The Kier molecular flexibility index (Phi) is 2.48.